The molecule has 3 aliphatic rings. The molecule has 6 nitrogen and oxygen atoms in total. The number of carbonyl (C=O) groups excluding carboxylic acids is 3. The van der Waals surface area contributed by atoms with Crippen LogP contribution in [0.15, 0.2) is 0 Å². The highest BCUT2D eigenvalue weighted by atomic mass is 16.8. The number of fused-ring (bicyclic) bond motifs is 1. The lowest BCUT2D eigenvalue weighted by Gasteiger charge is -2.16. The van der Waals surface area contributed by atoms with Crippen molar-refractivity contribution >= 4 is 18.0 Å². The second-order valence-corrected chi connectivity index (χ2v) is 5.59. The molecule has 3 fully saturated rings. The Morgan fingerprint density at radius 1 is 1.05 bits per heavy atom. The number of hydrogen-bond acceptors (Lipinski definition) is 5. The Morgan fingerprint density at radius 3 is 2.21 bits per heavy atom. The molecule has 1 saturated heterocycles. The number of hydroxylamine groups is 2. The molecular weight excluding hydrogens is 250 g/mol. The third-order valence-electron chi connectivity index (χ3n) is 4.38. The van der Waals surface area contributed by atoms with Crippen molar-refractivity contribution in [2.75, 3.05) is 0 Å². The van der Waals surface area contributed by atoms with Crippen LogP contribution >= 0.6 is 0 Å². The summed E-state index contributed by atoms with van der Waals surface area (Å²) in [7, 11) is 0. The van der Waals surface area contributed by atoms with Gasteiger partial charge >= 0.3 is 6.16 Å². The first-order valence-corrected chi connectivity index (χ1v) is 6.88. The van der Waals surface area contributed by atoms with Gasteiger partial charge in [-0.3, -0.25) is 14.4 Å². The number of nitrogens with zero attached hydrogens (tertiary/aromatic N) is 1. The van der Waals surface area contributed by atoms with Gasteiger partial charge in [0.2, 0.25) is 0 Å². The van der Waals surface area contributed by atoms with E-state index in [9.17, 15) is 14.4 Å². The van der Waals surface area contributed by atoms with Crippen LogP contribution < -0.4 is 0 Å². The maximum atomic E-state index is 11.6. The molecule has 0 aromatic carbocycles. The summed E-state index contributed by atoms with van der Waals surface area (Å²) < 4.78 is 5.20. The summed E-state index contributed by atoms with van der Waals surface area (Å²) in [6.45, 7) is 0. The number of imide groups is 1. The molecule has 2 amide bonds. The number of amides is 2. The molecule has 0 aromatic heterocycles. The van der Waals surface area contributed by atoms with Crippen molar-refractivity contribution < 1.29 is 24.0 Å². The second kappa shape index (κ2) is 4.83. The Bertz CT molecular complexity index is 393. The van der Waals surface area contributed by atoms with Crippen molar-refractivity contribution in [2.24, 2.45) is 11.8 Å². The largest absolute Gasteiger partial charge is 0.534 e. The Morgan fingerprint density at radius 2 is 1.63 bits per heavy atom. The zero-order chi connectivity index (χ0) is 13.4. The molecule has 19 heavy (non-hydrogen) atoms. The lowest BCUT2D eigenvalue weighted by molar-refractivity contribution is -0.178. The van der Waals surface area contributed by atoms with E-state index in [4.69, 9.17) is 9.57 Å². The SMILES string of the molecule is O=C(OC1C[C@H]2CCC[C@H]2C1)ON1C(=O)CCC1=O. The third-order valence-corrected chi connectivity index (χ3v) is 4.38. The van der Waals surface area contributed by atoms with Gasteiger partial charge < -0.3 is 4.74 Å². The molecular formula is C13H17NO5. The molecule has 0 spiro atoms. The second-order valence-electron chi connectivity index (χ2n) is 5.59. The van der Waals surface area contributed by atoms with Crippen molar-refractivity contribution in [3.63, 3.8) is 0 Å². The number of ether oxygens (including phenoxy) is 1. The van der Waals surface area contributed by atoms with E-state index < -0.39 is 18.0 Å². The average molecular weight is 267 g/mol. The van der Waals surface area contributed by atoms with E-state index in [-0.39, 0.29) is 18.9 Å². The van der Waals surface area contributed by atoms with Crippen molar-refractivity contribution in [1.82, 2.24) is 5.06 Å². The minimum atomic E-state index is -0.937. The number of rotatable bonds is 2. The van der Waals surface area contributed by atoms with Crippen LogP contribution in [0.2, 0.25) is 0 Å². The van der Waals surface area contributed by atoms with Gasteiger partial charge in [0, 0.05) is 12.8 Å². The highest BCUT2D eigenvalue weighted by Gasteiger charge is 2.40. The van der Waals surface area contributed by atoms with Gasteiger partial charge in [-0.2, -0.15) is 0 Å². The van der Waals surface area contributed by atoms with Crippen LogP contribution in [0.3, 0.4) is 0 Å². The summed E-state index contributed by atoms with van der Waals surface area (Å²) in [5, 5.41) is 0.526. The van der Waals surface area contributed by atoms with Crippen LogP contribution in [0.4, 0.5) is 4.79 Å². The highest BCUT2D eigenvalue weighted by Crippen LogP contribution is 2.44. The standard InChI is InChI=1S/C13H17NO5/c15-11-4-5-12(16)14(11)19-13(17)18-10-6-8-2-1-3-9(8)7-10/h8-10H,1-7H2/t8-,9+,10?. The van der Waals surface area contributed by atoms with Crippen LogP contribution in [-0.4, -0.2) is 29.1 Å². The van der Waals surface area contributed by atoms with E-state index in [0.717, 1.165) is 12.8 Å². The molecule has 6 heteroatoms. The summed E-state index contributed by atoms with van der Waals surface area (Å²) in [5.74, 6) is 0.358. The summed E-state index contributed by atoms with van der Waals surface area (Å²) >= 11 is 0. The van der Waals surface area contributed by atoms with E-state index in [2.05, 4.69) is 0 Å². The molecule has 0 radical (unpaired) electrons. The number of carbonyl (C=O) groups is 3. The maximum absolute atomic E-state index is 11.6. The molecule has 1 aliphatic heterocycles. The fourth-order valence-electron chi connectivity index (χ4n) is 3.49. The zero-order valence-electron chi connectivity index (χ0n) is 10.7. The first kappa shape index (κ1) is 12.4. The van der Waals surface area contributed by atoms with Gasteiger partial charge in [0.05, 0.1) is 0 Å². The van der Waals surface area contributed by atoms with Gasteiger partial charge in [0.25, 0.3) is 11.8 Å². The molecule has 0 bridgehead atoms. The van der Waals surface area contributed by atoms with E-state index in [1.54, 1.807) is 0 Å². The van der Waals surface area contributed by atoms with Crippen molar-refractivity contribution in [3.8, 4) is 0 Å². The van der Waals surface area contributed by atoms with Crippen LogP contribution in [0.1, 0.15) is 44.9 Å². The van der Waals surface area contributed by atoms with E-state index in [0.29, 0.717) is 16.9 Å². The minimum absolute atomic E-state index is 0.0969. The normalized spacial score (nSPS) is 33.7. The summed E-state index contributed by atoms with van der Waals surface area (Å²) in [6.07, 6.45) is 4.57. The Kier molecular flexibility index (Phi) is 3.16. The molecule has 2 saturated carbocycles. The lowest BCUT2D eigenvalue weighted by atomic mass is 10.0. The monoisotopic (exact) mass is 267 g/mol. The van der Waals surface area contributed by atoms with E-state index in [1.165, 1.54) is 19.3 Å². The summed E-state index contributed by atoms with van der Waals surface area (Å²) in [4.78, 5) is 38.8. The van der Waals surface area contributed by atoms with Crippen LogP contribution in [0, 0.1) is 11.8 Å². The van der Waals surface area contributed by atoms with Crippen LogP contribution in [-0.2, 0) is 19.2 Å². The van der Waals surface area contributed by atoms with Gasteiger partial charge in [-0.1, -0.05) is 24.3 Å². The minimum Gasteiger partial charge on any atom is -0.429 e. The highest BCUT2D eigenvalue weighted by molar-refractivity contribution is 6.01. The molecule has 104 valence electrons. The van der Waals surface area contributed by atoms with E-state index in [1.807, 2.05) is 0 Å². The molecule has 1 heterocycles. The Hall–Kier alpha value is -1.59. The van der Waals surface area contributed by atoms with Crippen molar-refractivity contribution in [2.45, 2.75) is 51.0 Å². The lowest BCUT2D eigenvalue weighted by Crippen LogP contribution is -2.33. The molecule has 3 atom stereocenters. The van der Waals surface area contributed by atoms with Crippen LogP contribution in [0.25, 0.3) is 0 Å². The Labute approximate surface area is 111 Å². The molecule has 0 N–H and O–H groups in total. The summed E-state index contributed by atoms with van der Waals surface area (Å²) in [5.41, 5.74) is 0. The van der Waals surface area contributed by atoms with Crippen molar-refractivity contribution in [3.05, 3.63) is 0 Å². The van der Waals surface area contributed by atoms with Gasteiger partial charge in [-0.25, -0.2) is 4.79 Å². The predicted octanol–water partition coefficient (Wildman–Crippen LogP) is 1.78. The number of hydrogen-bond donors (Lipinski definition) is 0. The van der Waals surface area contributed by atoms with E-state index >= 15 is 0 Å². The van der Waals surface area contributed by atoms with Crippen molar-refractivity contribution in [1.29, 1.82) is 0 Å². The smallest absolute Gasteiger partial charge is 0.429 e. The van der Waals surface area contributed by atoms with Gasteiger partial charge in [0.15, 0.2) is 0 Å². The first-order chi connectivity index (χ1) is 9.13. The molecule has 2 aliphatic carbocycles. The summed E-state index contributed by atoms with van der Waals surface area (Å²) in [6, 6.07) is 0. The predicted molar refractivity (Wildman–Crippen MR) is 62.5 cm³/mol. The molecule has 1 unspecified atom stereocenters. The average Bonchev–Trinajstić information content (AvgIpc) is 2.99. The zero-order valence-corrected chi connectivity index (χ0v) is 10.7. The van der Waals surface area contributed by atoms with Gasteiger partial charge in [-0.15, -0.1) is 0 Å². The maximum Gasteiger partial charge on any atom is 0.534 e. The van der Waals surface area contributed by atoms with Gasteiger partial charge in [-0.05, 0) is 24.7 Å². The molecule has 0 aromatic rings. The Balaban J connectivity index is 1.49. The van der Waals surface area contributed by atoms with Crippen LogP contribution in [0.5, 0.6) is 0 Å². The fourth-order valence-corrected chi connectivity index (χ4v) is 3.49. The quantitative estimate of drug-likeness (QED) is 0.563. The topological polar surface area (TPSA) is 72.9 Å². The molecule has 3 rings (SSSR count). The fraction of sp³-hybridized carbons (Fsp3) is 0.769. The third kappa shape index (κ3) is 2.43. The first-order valence-electron chi connectivity index (χ1n) is 6.88. The van der Waals surface area contributed by atoms with Gasteiger partial charge in [0.1, 0.15) is 6.10 Å².